The highest BCUT2D eigenvalue weighted by molar-refractivity contribution is 6.00. The third kappa shape index (κ3) is 4.26. The van der Waals surface area contributed by atoms with Gasteiger partial charge < -0.3 is 15.5 Å². The molecule has 5 nitrogen and oxygen atoms in total. The first-order valence-corrected chi connectivity index (χ1v) is 8.01. The summed E-state index contributed by atoms with van der Waals surface area (Å²) in [5.41, 5.74) is 4.13. The summed E-state index contributed by atoms with van der Waals surface area (Å²) in [4.78, 5) is 14.4. The molecular formula is C19H22N4O. The lowest BCUT2D eigenvalue weighted by molar-refractivity contribution is 0.262. The Bertz CT molecular complexity index is 743. The van der Waals surface area contributed by atoms with Gasteiger partial charge >= 0.3 is 6.03 Å². The lowest BCUT2D eigenvalue weighted by Crippen LogP contribution is -2.22. The van der Waals surface area contributed by atoms with Crippen LogP contribution in [0.5, 0.6) is 0 Å². The van der Waals surface area contributed by atoms with Crippen LogP contribution in [0.2, 0.25) is 0 Å². The van der Waals surface area contributed by atoms with Gasteiger partial charge in [0.2, 0.25) is 0 Å². The van der Waals surface area contributed by atoms with Crippen molar-refractivity contribution in [3.8, 4) is 6.07 Å². The maximum atomic E-state index is 12.1. The van der Waals surface area contributed by atoms with E-state index >= 15 is 0 Å². The molecule has 2 aromatic rings. The number of nitrogens with one attached hydrogen (secondary N) is 2. The van der Waals surface area contributed by atoms with Crippen LogP contribution in [0.15, 0.2) is 42.5 Å². The molecule has 0 heterocycles. The van der Waals surface area contributed by atoms with Crippen molar-refractivity contribution in [3.05, 3.63) is 53.6 Å². The average Bonchev–Trinajstić information content (AvgIpc) is 2.59. The lowest BCUT2D eigenvalue weighted by atomic mass is 10.1. The van der Waals surface area contributed by atoms with Crippen molar-refractivity contribution >= 4 is 23.1 Å². The van der Waals surface area contributed by atoms with E-state index in [1.165, 1.54) is 0 Å². The number of nitriles is 1. The Balaban J connectivity index is 2.04. The van der Waals surface area contributed by atoms with Crippen LogP contribution >= 0.6 is 0 Å². The Morgan fingerprint density at radius 2 is 1.75 bits per heavy atom. The summed E-state index contributed by atoms with van der Waals surface area (Å²) in [5, 5.41) is 14.4. The summed E-state index contributed by atoms with van der Waals surface area (Å²) in [6.45, 7) is 8.11. The van der Waals surface area contributed by atoms with Gasteiger partial charge in [-0.05, 0) is 68.8 Å². The number of carbonyl (C=O) groups excluding carboxylic acids is 1. The van der Waals surface area contributed by atoms with Gasteiger partial charge in [0.1, 0.15) is 0 Å². The predicted molar refractivity (Wildman–Crippen MR) is 98.5 cm³/mol. The predicted octanol–water partition coefficient (Wildman–Crippen LogP) is 4.36. The molecule has 0 aliphatic carbocycles. The van der Waals surface area contributed by atoms with Gasteiger partial charge in [-0.1, -0.05) is 0 Å². The Morgan fingerprint density at radius 1 is 1.08 bits per heavy atom. The first-order valence-electron chi connectivity index (χ1n) is 8.01. The Morgan fingerprint density at radius 3 is 2.29 bits per heavy atom. The zero-order valence-electron chi connectivity index (χ0n) is 14.3. The molecule has 0 saturated heterocycles. The van der Waals surface area contributed by atoms with E-state index in [1.807, 2.05) is 25.1 Å². The fraction of sp³-hybridized carbons (Fsp3) is 0.263. The molecule has 2 aromatic carbocycles. The minimum absolute atomic E-state index is 0.307. The summed E-state index contributed by atoms with van der Waals surface area (Å²) < 4.78 is 0. The highest BCUT2D eigenvalue weighted by atomic mass is 16.2. The largest absolute Gasteiger partial charge is 0.372 e. The SMILES string of the molecule is CCN(CC)c1ccc(NC(=O)Nc2ccc(C#N)cc2)c(C)c1. The van der Waals surface area contributed by atoms with Crippen LogP contribution in [-0.4, -0.2) is 19.1 Å². The zero-order valence-corrected chi connectivity index (χ0v) is 14.3. The molecule has 0 aliphatic heterocycles. The molecule has 0 aliphatic rings. The molecule has 2 N–H and O–H groups in total. The minimum atomic E-state index is -0.307. The smallest absolute Gasteiger partial charge is 0.323 e. The van der Waals surface area contributed by atoms with Crippen LogP contribution in [0.3, 0.4) is 0 Å². The maximum absolute atomic E-state index is 12.1. The number of aryl methyl sites for hydroxylation is 1. The quantitative estimate of drug-likeness (QED) is 0.859. The fourth-order valence-corrected chi connectivity index (χ4v) is 2.49. The van der Waals surface area contributed by atoms with Gasteiger partial charge in [-0.3, -0.25) is 0 Å². The molecule has 0 unspecified atom stereocenters. The van der Waals surface area contributed by atoms with E-state index in [1.54, 1.807) is 24.3 Å². The van der Waals surface area contributed by atoms with E-state index in [0.29, 0.717) is 11.3 Å². The number of hydrogen-bond donors (Lipinski definition) is 2. The maximum Gasteiger partial charge on any atom is 0.323 e. The van der Waals surface area contributed by atoms with Crippen molar-refractivity contribution in [2.45, 2.75) is 20.8 Å². The molecule has 2 amide bonds. The molecule has 124 valence electrons. The normalized spacial score (nSPS) is 9.92. The molecule has 0 saturated carbocycles. The third-order valence-corrected chi connectivity index (χ3v) is 3.86. The van der Waals surface area contributed by atoms with Gasteiger partial charge in [-0.15, -0.1) is 0 Å². The topological polar surface area (TPSA) is 68.2 Å². The highest BCUT2D eigenvalue weighted by Crippen LogP contribution is 2.23. The summed E-state index contributed by atoms with van der Waals surface area (Å²) in [7, 11) is 0. The van der Waals surface area contributed by atoms with Crippen molar-refractivity contribution in [2.24, 2.45) is 0 Å². The third-order valence-electron chi connectivity index (χ3n) is 3.86. The van der Waals surface area contributed by atoms with E-state index in [2.05, 4.69) is 35.4 Å². The van der Waals surface area contributed by atoms with E-state index in [4.69, 9.17) is 5.26 Å². The molecule has 2 rings (SSSR count). The molecule has 0 spiro atoms. The van der Waals surface area contributed by atoms with Gasteiger partial charge in [0.05, 0.1) is 11.6 Å². The van der Waals surface area contributed by atoms with Crippen LogP contribution in [0.1, 0.15) is 25.0 Å². The molecular weight excluding hydrogens is 300 g/mol. The van der Waals surface area contributed by atoms with Crippen LogP contribution in [0.4, 0.5) is 21.9 Å². The van der Waals surface area contributed by atoms with E-state index in [9.17, 15) is 4.79 Å². The van der Waals surface area contributed by atoms with Crippen molar-refractivity contribution in [1.82, 2.24) is 0 Å². The monoisotopic (exact) mass is 322 g/mol. The molecule has 0 aromatic heterocycles. The first-order chi connectivity index (χ1) is 11.6. The van der Waals surface area contributed by atoms with E-state index in [-0.39, 0.29) is 6.03 Å². The van der Waals surface area contributed by atoms with Crippen molar-refractivity contribution in [3.63, 3.8) is 0 Å². The summed E-state index contributed by atoms with van der Waals surface area (Å²) >= 11 is 0. The summed E-state index contributed by atoms with van der Waals surface area (Å²) in [6, 6.07) is 14.5. The molecule has 0 bridgehead atoms. The van der Waals surface area contributed by atoms with Gasteiger partial charge in [-0.25, -0.2) is 4.79 Å². The van der Waals surface area contributed by atoms with Crippen molar-refractivity contribution < 1.29 is 4.79 Å². The second-order valence-corrected chi connectivity index (χ2v) is 5.44. The number of hydrogen-bond acceptors (Lipinski definition) is 3. The van der Waals surface area contributed by atoms with Crippen LogP contribution in [0.25, 0.3) is 0 Å². The molecule has 5 heteroatoms. The van der Waals surface area contributed by atoms with Crippen LogP contribution in [0, 0.1) is 18.3 Å². The number of benzene rings is 2. The second-order valence-electron chi connectivity index (χ2n) is 5.44. The standard InChI is InChI=1S/C19H22N4O/c1-4-23(5-2)17-10-11-18(14(3)12-17)22-19(24)21-16-8-6-15(13-20)7-9-16/h6-12H,4-5H2,1-3H3,(H2,21,22,24). The molecule has 0 radical (unpaired) electrons. The Labute approximate surface area is 142 Å². The number of amides is 2. The Hall–Kier alpha value is -3.00. The van der Waals surface area contributed by atoms with Crippen molar-refractivity contribution in [1.29, 1.82) is 5.26 Å². The molecule has 0 fully saturated rings. The Kier molecular flexibility index (Phi) is 5.80. The van der Waals surface area contributed by atoms with Gasteiger partial charge in [0, 0.05) is 30.2 Å². The van der Waals surface area contributed by atoms with Crippen LogP contribution in [-0.2, 0) is 0 Å². The van der Waals surface area contributed by atoms with Crippen LogP contribution < -0.4 is 15.5 Å². The second kappa shape index (κ2) is 8.02. The summed E-state index contributed by atoms with van der Waals surface area (Å²) in [6.07, 6.45) is 0. The van der Waals surface area contributed by atoms with Gasteiger partial charge in [0.15, 0.2) is 0 Å². The lowest BCUT2D eigenvalue weighted by Gasteiger charge is -2.22. The summed E-state index contributed by atoms with van der Waals surface area (Å²) in [5.74, 6) is 0. The fourth-order valence-electron chi connectivity index (χ4n) is 2.49. The molecule has 0 atom stereocenters. The molecule has 24 heavy (non-hydrogen) atoms. The number of rotatable bonds is 5. The number of carbonyl (C=O) groups is 1. The van der Waals surface area contributed by atoms with Gasteiger partial charge in [-0.2, -0.15) is 5.26 Å². The zero-order chi connectivity index (χ0) is 17.5. The minimum Gasteiger partial charge on any atom is -0.372 e. The number of anilines is 3. The van der Waals surface area contributed by atoms with E-state index < -0.39 is 0 Å². The number of urea groups is 1. The number of nitrogens with zero attached hydrogens (tertiary/aromatic N) is 2. The van der Waals surface area contributed by atoms with E-state index in [0.717, 1.165) is 30.0 Å². The van der Waals surface area contributed by atoms with Gasteiger partial charge in [0.25, 0.3) is 0 Å². The van der Waals surface area contributed by atoms with Crippen molar-refractivity contribution in [2.75, 3.05) is 28.6 Å². The first kappa shape index (κ1) is 17.4. The average molecular weight is 322 g/mol. The highest BCUT2D eigenvalue weighted by Gasteiger charge is 2.08.